The standard InChI is InChI=1S/C14H12N2O/c1-10-3-6-14(12(7-10)8-15)17-13-5-4-11(2)16-9-13/h3-7,9H,1-2H3. The number of aromatic nitrogens is 1. The molecule has 2 aromatic rings. The third-order valence-corrected chi connectivity index (χ3v) is 2.37. The summed E-state index contributed by atoms with van der Waals surface area (Å²) in [7, 11) is 0. The maximum Gasteiger partial charge on any atom is 0.145 e. The minimum absolute atomic E-state index is 0.533. The highest BCUT2D eigenvalue weighted by Crippen LogP contribution is 2.25. The van der Waals surface area contributed by atoms with Gasteiger partial charge in [-0.3, -0.25) is 4.98 Å². The lowest BCUT2D eigenvalue weighted by Gasteiger charge is -2.07. The molecule has 0 N–H and O–H groups in total. The summed E-state index contributed by atoms with van der Waals surface area (Å²) in [6.07, 6.45) is 1.65. The zero-order chi connectivity index (χ0) is 12.3. The lowest BCUT2D eigenvalue weighted by Crippen LogP contribution is -1.90. The van der Waals surface area contributed by atoms with Crippen molar-refractivity contribution in [2.75, 3.05) is 0 Å². The Hall–Kier alpha value is -2.34. The molecular weight excluding hydrogens is 212 g/mol. The minimum Gasteiger partial charge on any atom is -0.454 e. The molecule has 17 heavy (non-hydrogen) atoms. The van der Waals surface area contributed by atoms with Gasteiger partial charge in [-0.05, 0) is 43.7 Å². The molecule has 3 heteroatoms. The van der Waals surface area contributed by atoms with Crippen molar-refractivity contribution >= 4 is 0 Å². The van der Waals surface area contributed by atoms with Crippen LogP contribution in [0, 0.1) is 25.2 Å². The van der Waals surface area contributed by atoms with E-state index in [2.05, 4.69) is 11.1 Å². The summed E-state index contributed by atoms with van der Waals surface area (Å²) in [4.78, 5) is 4.14. The normalized spacial score (nSPS) is 9.71. The molecule has 0 unspecified atom stereocenters. The smallest absolute Gasteiger partial charge is 0.145 e. The van der Waals surface area contributed by atoms with Crippen molar-refractivity contribution in [3.63, 3.8) is 0 Å². The minimum atomic E-state index is 0.533. The molecule has 0 aliphatic rings. The third-order valence-electron chi connectivity index (χ3n) is 2.37. The monoisotopic (exact) mass is 224 g/mol. The van der Waals surface area contributed by atoms with Crippen LogP contribution in [-0.4, -0.2) is 4.98 Å². The van der Waals surface area contributed by atoms with Gasteiger partial charge in [0, 0.05) is 5.69 Å². The molecular formula is C14H12N2O. The average molecular weight is 224 g/mol. The zero-order valence-electron chi connectivity index (χ0n) is 9.77. The highest BCUT2D eigenvalue weighted by atomic mass is 16.5. The molecule has 0 aliphatic carbocycles. The van der Waals surface area contributed by atoms with Crippen molar-refractivity contribution in [1.29, 1.82) is 5.26 Å². The molecule has 1 aromatic carbocycles. The summed E-state index contributed by atoms with van der Waals surface area (Å²) >= 11 is 0. The van der Waals surface area contributed by atoms with E-state index in [1.54, 1.807) is 18.3 Å². The molecule has 84 valence electrons. The third kappa shape index (κ3) is 2.61. The zero-order valence-corrected chi connectivity index (χ0v) is 9.77. The van der Waals surface area contributed by atoms with Gasteiger partial charge >= 0.3 is 0 Å². The molecule has 0 radical (unpaired) electrons. The van der Waals surface area contributed by atoms with E-state index in [-0.39, 0.29) is 0 Å². The molecule has 3 nitrogen and oxygen atoms in total. The fraction of sp³-hybridized carbons (Fsp3) is 0.143. The largest absolute Gasteiger partial charge is 0.454 e. The highest BCUT2D eigenvalue weighted by Gasteiger charge is 2.04. The first kappa shape index (κ1) is 11.2. The first-order valence-corrected chi connectivity index (χ1v) is 5.30. The molecule has 1 aromatic heterocycles. The van der Waals surface area contributed by atoms with Gasteiger partial charge in [0.05, 0.1) is 11.8 Å². The van der Waals surface area contributed by atoms with Crippen molar-refractivity contribution in [2.45, 2.75) is 13.8 Å². The number of pyridine rings is 1. The van der Waals surface area contributed by atoms with E-state index in [0.717, 1.165) is 11.3 Å². The van der Waals surface area contributed by atoms with Gasteiger partial charge in [-0.15, -0.1) is 0 Å². The molecule has 0 bridgehead atoms. The second-order valence-electron chi connectivity index (χ2n) is 3.85. The maximum atomic E-state index is 9.02. The first-order valence-electron chi connectivity index (χ1n) is 5.30. The Labute approximate surface area is 100 Å². The van der Waals surface area contributed by atoms with Gasteiger partial charge in [0.2, 0.25) is 0 Å². The summed E-state index contributed by atoms with van der Waals surface area (Å²) in [5.41, 5.74) is 2.50. The van der Waals surface area contributed by atoms with Crippen LogP contribution in [0.15, 0.2) is 36.5 Å². The average Bonchev–Trinajstić information content (AvgIpc) is 2.34. The van der Waals surface area contributed by atoms with E-state index < -0.39 is 0 Å². The number of benzene rings is 1. The number of ether oxygens (including phenoxy) is 1. The Balaban J connectivity index is 2.30. The van der Waals surface area contributed by atoms with Crippen LogP contribution in [0.3, 0.4) is 0 Å². The predicted molar refractivity (Wildman–Crippen MR) is 64.9 cm³/mol. The van der Waals surface area contributed by atoms with Crippen LogP contribution in [0.2, 0.25) is 0 Å². The van der Waals surface area contributed by atoms with Gasteiger partial charge in [-0.1, -0.05) is 6.07 Å². The van der Waals surface area contributed by atoms with Gasteiger partial charge in [0.1, 0.15) is 17.6 Å². The first-order chi connectivity index (χ1) is 8.19. The molecule has 0 aliphatic heterocycles. The van der Waals surface area contributed by atoms with Gasteiger partial charge < -0.3 is 4.74 Å². The van der Waals surface area contributed by atoms with E-state index in [0.29, 0.717) is 17.1 Å². The number of nitriles is 1. The Morgan fingerprint density at radius 2 is 2.00 bits per heavy atom. The van der Waals surface area contributed by atoms with Crippen LogP contribution in [0.25, 0.3) is 0 Å². The Morgan fingerprint density at radius 1 is 1.18 bits per heavy atom. The topological polar surface area (TPSA) is 45.9 Å². The highest BCUT2D eigenvalue weighted by molar-refractivity contribution is 5.46. The number of hydrogen-bond donors (Lipinski definition) is 0. The van der Waals surface area contributed by atoms with Crippen LogP contribution < -0.4 is 4.74 Å². The number of aryl methyl sites for hydroxylation is 2. The van der Waals surface area contributed by atoms with Crippen molar-refractivity contribution in [3.8, 4) is 17.6 Å². The van der Waals surface area contributed by atoms with Crippen LogP contribution in [0.4, 0.5) is 0 Å². The Morgan fingerprint density at radius 3 is 2.65 bits per heavy atom. The molecule has 0 amide bonds. The second kappa shape index (κ2) is 4.67. The van der Waals surface area contributed by atoms with Gasteiger partial charge in [0.25, 0.3) is 0 Å². The van der Waals surface area contributed by atoms with E-state index >= 15 is 0 Å². The SMILES string of the molecule is Cc1ccc(Oc2ccc(C)nc2)c(C#N)c1. The number of hydrogen-bond acceptors (Lipinski definition) is 3. The second-order valence-corrected chi connectivity index (χ2v) is 3.85. The van der Waals surface area contributed by atoms with E-state index in [9.17, 15) is 0 Å². The lowest BCUT2D eigenvalue weighted by atomic mass is 10.1. The van der Waals surface area contributed by atoms with E-state index in [1.165, 1.54) is 0 Å². The van der Waals surface area contributed by atoms with Crippen molar-refractivity contribution < 1.29 is 4.74 Å². The molecule has 0 saturated heterocycles. The van der Waals surface area contributed by atoms with Crippen molar-refractivity contribution in [2.24, 2.45) is 0 Å². The van der Waals surface area contributed by atoms with Gasteiger partial charge in [0.15, 0.2) is 0 Å². The van der Waals surface area contributed by atoms with Gasteiger partial charge in [-0.25, -0.2) is 0 Å². The fourth-order valence-electron chi connectivity index (χ4n) is 1.46. The van der Waals surface area contributed by atoms with Crippen LogP contribution in [0.1, 0.15) is 16.8 Å². The lowest BCUT2D eigenvalue weighted by molar-refractivity contribution is 0.478. The molecule has 0 atom stereocenters. The fourth-order valence-corrected chi connectivity index (χ4v) is 1.46. The molecule has 0 fully saturated rings. The van der Waals surface area contributed by atoms with Crippen molar-refractivity contribution in [1.82, 2.24) is 4.98 Å². The summed E-state index contributed by atoms with van der Waals surface area (Å²) in [6, 6.07) is 11.3. The summed E-state index contributed by atoms with van der Waals surface area (Å²) < 4.78 is 5.63. The molecule has 1 heterocycles. The number of rotatable bonds is 2. The van der Waals surface area contributed by atoms with E-state index in [1.807, 2.05) is 32.0 Å². The Bertz CT molecular complexity index is 568. The van der Waals surface area contributed by atoms with E-state index in [4.69, 9.17) is 10.00 Å². The van der Waals surface area contributed by atoms with Crippen LogP contribution >= 0.6 is 0 Å². The summed E-state index contributed by atoms with van der Waals surface area (Å²) in [5.74, 6) is 1.19. The summed E-state index contributed by atoms with van der Waals surface area (Å²) in [6.45, 7) is 3.86. The molecule has 0 saturated carbocycles. The van der Waals surface area contributed by atoms with Crippen molar-refractivity contribution in [3.05, 3.63) is 53.3 Å². The molecule has 0 spiro atoms. The summed E-state index contributed by atoms with van der Waals surface area (Å²) in [5, 5.41) is 9.02. The van der Waals surface area contributed by atoms with Crippen LogP contribution in [-0.2, 0) is 0 Å². The van der Waals surface area contributed by atoms with Crippen LogP contribution in [0.5, 0.6) is 11.5 Å². The van der Waals surface area contributed by atoms with Gasteiger partial charge in [-0.2, -0.15) is 5.26 Å². The quantitative estimate of drug-likeness (QED) is 0.785. The maximum absolute atomic E-state index is 9.02. The number of nitrogens with zero attached hydrogens (tertiary/aromatic N) is 2. The Kier molecular flexibility index (Phi) is 3.06. The predicted octanol–water partition coefficient (Wildman–Crippen LogP) is 3.36. The molecule has 2 rings (SSSR count).